The monoisotopic (exact) mass is 517 g/mol. The Bertz CT molecular complexity index is 1210. The molecule has 3 rings (SSSR count). The first-order valence-electron chi connectivity index (χ1n) is 11.2. The van der Waals surface area contributed by atoms with Gasteiger partial charge in [-0.1, -0.05) is 42.5 Å². The van der Waals surface area contributed by atoms with Gasteiger partial charge in [0.25, 0.3) is 5.91 Å². The number of rotatable bonds is 8. The molecule has 2 aromatic carbocycles. The number of ether oxygens (including phenoxy) is 2. The molecule has 0 spiro atoms. The molecular formula is C24H27N3O8S. The molecule has 36 heavy (non-hydrogen) atoms. The maximum Gasteiger partial charge on any atom is 0.339 e. The third-order valence-electron chi connectivity index (χ3n) is 5.59. The summed E-state index contributed by atoms with van der Waals surface area (Å²) in [6.07, 6.45) is 0.356. The summed E-state index contributed by atoms with van der Waals surface area (Å²) in [5.41, 5.74) is 0.786. The van der Waals surface area contributed by atoms with E-state index in [0.717, 1.165) is 5.56 Å². The normalized spacial score (nSPS) is 14.5. The van der Waals surface area contributed by atoms with E-state index in [9.17, 15) is 27.6 Å². The molecule has 11 nitrogen and oxygen atoms in total. The molecule has 2 N–H and O–H groups in total. The second-order valence-corrected chi connectivity index (χ2v) is 9.90. The number of methoxy groups -OCH3 is 1. The van der Waals surface area contributed by atoms with Gasteiger partial charge in [-0.05, 0) is 30.5 Å². The Kier molecular flexibility index (Phi) is 9.14. The summed E-state index contributed by atoms with van der Waals surface area (Å²) in [6, 6.07) is 14.1. The van der Waals surface area contributed by atoms with Gasteiger partial charge in [0.1, 0.15) is 0 Å². The second kappa shape index (κ2) is 12.3. The van der Waals surface area contributed by atoms with E-state index in [1.54, 1.807) is 0 Å². The van der Waals surface area contributed by atoms with Gasteiger partial charge in [0.15, 0.2) is 6.61 Å². The molecule has 0 aliphatic carbocycles. The van der Waals surface area contributed by atoms with Gasteiger partial charge in [-0.3, -0.25) is 14.9 Å². The van der Waals surface area contributed by atoms with Gasteiger partial charge >= 0.3 is 18.0 Å². The van der Waals surface area contributed by atoms with E-state index in [4.69, 9.17) is 4.74 Å². The number of carbonyl (C=O) groups excluding carboxylic acids is 4. The van der Waals surface area contributed by atoms with Crippen molar-refractivity contribution in [3.63, 3.8) is 0 Å². The first-order valence-corrected chi connectivity index (χ1v) is 12.6. The summed E-state index contributed by atoms with van der Waals surface area (Å²) in [4.78, 5) is 47.9. The largest absolute Gasteiger partial charge is 0.465 e. The topological polar surface area (TPSA) is 148 Å². The van der Waals surface area contributed by atoms with Gasteiger partial charge in [0, 0.05) is 19.6 Å². The maximum absolute atomic E-state index is 13.1. The van der Waals surface area contributed by atoms with Crippen molar-refractivity contribution in [3.05, 3.63) is 65.7 Å². The summed E-state index contributed by atoms with van der Waals surface area (Å²) in [6.45, 7) is -0.342. The molecule has 0 radical (unpaired) electrons. The van der Waals surface area contributed by atoms with E-state index in [-0.39, 0.29) is 42.9 Å². The SMILES string of the molecule is COC(=O)c1ccccc1S(=O)(=O)N1CCC(C(=O)OCC(=O)NC(=O)NCc2ccccc2)CC1. The average molecular weight is 518 g/mol. The van der Waals surface area contributed by atoms with Crippen molar-refractivity contribution in [2.24, 2.45) is 5.92 Å². The fourth-order valence-electron chi connectivity index (χ4n) is 3.68. The number of sulfonamides is 1. The van der Waals surface area contributed by atoms with Gasteiger partial charge in [0.2, 0.25) is 10.0 Å². The molecule has 1 aliphatic heterocycles. The van der Waals surface area contributed by atoms with Crippen LogP contribution in [-0.4, -0.2) is 63.4 Å². The third kappa shape index (κ3) is 6.89. The third-order valence-corrected chi connectivity index (χ3v) is 7.55. The predicted molar refractivity (Wildman–Crippen MR) is 127 cm³/mol. The second-order valence-electron chi connectivity index (χ2n) is 7.99. The van der Waals surface area contributed by atoms with Crippen LogP contribution in [0.5, 0.6) is 0 Å². The van der Waals surface area contributed by atoms with Crippen molar-refractivity contribution in [1.82, 2.24) is 14.9 Å². The van der Waals surface area contributed by atoms with E-state index in [1.807, 2.05) is 30.3 Å². The number of carbonyl (C=O) groups is 4. The van der Waals surface area contributed by atoms with Crippen LogP contribution in [0.1, 0.15) is 28.8 Å². The van der Waals surface area contributed by atoms with Gasteiger partial charge in [-0.25, -0.2) is 18.0 Å². The summed E-state index contributed by atoms with van der Waals surface area (Å²) in [5, 5.41) is 4.61. The quantitative estimate of drug-likeness (QED) is 0.500. The molecule has 3 amide bonds. The Balaban J connectivity index is 1.45. The smallest absolute Gasteiger partial charge is 0.339 e. The number of imide groups is 1. The van der Waals surface area contributed by atoms with Crippen molar-refractivity contribution < 1.29 is 37.1 Å². The highest BCUT2D eigenvalue weighted by Crippen LogP contribution is 2.26. The summed E-state index contributed by atoms with van der Waals surface area (Å²) < 4.78 is 37.0. The number of benzene rings is 2. The molecule has 1 saturated heterocycles. The molecule has 0 atom stereocenters. The van der Waals surface area contributed by atoms with Gasteiger partial charge < -0.3 is 14.8 Å². The maximum atomic E-state index is 13.1. The molecule has 1 aliphatic rings. The fourth-order valence-corrected chi connectivity index (χ4v) is 5.33. The number of nitrogens with zero attached hydrogens (tertiary/aromatic N) is 1. The summed E-state index contributed by atoms with van der Waals surface area (Å²) >= 11 is 0. The zero-order valence-corrected chi connectivity index (χ0v) is 20.5. The van der Waals surface area contributed by atoms with Crippen molar-refractivity contribution in [2.45, 2.75) is 24.3 Å². The number of nitrogens with one attached hydrogen (secondary N) is 2. The Morgan fingerprint density at radius 1 is 0.972 bits per heavy atom. The Morgan fingerprint density at radius 2 is 1.61 bits per heavy atom. The standard InChI is InChI=1S/C24H27N3O8S/c1-34-23(30)19-9-5-6-10-20(19)36(32,33)27-13-11-18(12-14-27)22(29)35-16-21(28)26-24(31)25-15-17-7-3-2-4-8-17/h2-10,18H,11-16H2,1H3,(H2,25,26,28,31). The van der Waals surface area contributed by atoms with E-state index in [0.29, 0.717) is 0 Å². The predicted octanol–water partition coefficient (Wildman–Crippen LogP) is 1.44. The lowest BCUT2D eigenvalue weighted by Gasteiger charge is -2.30. The molecule has 12 heteroatoms. The van der Waals surface area contributed by atoms with Gasteiger partial charge in [-0.2, -0.15) is 4.31 Å². The lowest BCUT2D eigenvalue weighted by Crippen LogP contribution is -2.43. The molecular weight excluding hydrogens is 490 g/mol. The van der Waals surface area contributed by atoms with Crippen molar-refractivity contribution in [1.29, 1.82) is 0 Å². The molecule has 1 fully saturated rings. The van der Waals surface area contributed by atoms with E-state index in [1.165, 1.54) is 35.7 Å². The molecule has 0 saturated carbocycles. The lowest BCUT2D eigenvalue weighted by molar-refractivity contribution is -0.153. The van der Waals surface area contributed by atoms with Crippen LogP contribution in [0.3, 0.4) is 0 Å². The minimum Gasteiger partial charge on any atom is -0.465 e. The number of amides is 3. The number of hydrogen-bond acceptors (Lipinski definition) is 8. The molecule has 0 aromatic heterocycles. The van der Waals surface area contributed by atoms with Crippen LogP contribution in [0.25, 0.3) is 0 Å². The minimum absolute atomic E-state index is 0.0334. The number of urea groups is 1. The van der Waals surface area contributed by atoms with Crippen LogP contribution < -0.4 is 10.6 Å². The number of esters is 2. The molecule has 0 bridgehead atoms. The minimum atomic E-state index is -3.99. The van der Waals surface area contributed by atoms with Crippen LogP contribution in [-0.2, 0) is 35.6 Å². The summed E-state index contributed by atoms with van der Waals surface area (Å²) in [7, 11) is -2.82. The van der Waals surface area contributed by atoms with Gasteiger partial charge in [-0.15, -0.1) is 0 Å². The molecule has 192 valence electrons. The van der Waals surface area contributed by atoms with E-state index >= 15 is 0 Å². The Morgan fingerprint density at radius 3 is 2.28 bits per heavy atom. The number of hydrogen-bond donors (Lipinski definition) is 2. The van der Waals surface area contributed by atoms with Crippen molar-refractivity contribution >= 4 is 33.9 Å². The van der Waals surface area contributed by atoms with Crippen molar-refractivity contribution in [2.75, 3.05) is 26.8 Å². The molecule has 2 aromatic rings. The van der Waals surface area contributed by atoms with Crippen LogP contribution in [0.2, 0.25) is 0 Å². The zero-order valence-electron chi connectivity index (χ0n) is 19.6. The van der Waals surface area contributed by atoms with E-state index in [2.05, 4.69) is 15.4 Å². The van der Waals surface area contributed by atoms with Crippen LogP contribution in [0.15, 0.2) is 59.5 Å². The zero-order chi connectivity index (χ0) is 26.1. The molecule has 0 unspecified atom stereocenters. The van der Waals surface area contributed by atoms with Crippen LogP contribution >= 0.6 is 0 Å². The fraction of sp³-hybridized carbons (Fsp3) is 0.333. The first-order chi connectivity index (χ1) is 17.2. The first kappa shape index (κ1) is 26.8. The van der Waals surface area contributed by atoms with E-state index < -0.39 is 46.4 Å². The molecule has 1 heterocycles. The van der Waals surface area contributed by atoms with Gasteiger partial charge in [0.05, 0.1) is 23.5 Å². The average Bonchev–Trinajstić information content (AvgIpc) is 2.90. The Labute approximate surface area is 208 Å². The van der Waals surface area contributed by atoms with Crippen molar-refractivity contribution in [3.8, 4) is 0 Å². The highest BCUT2D eigenvalue weighted by atomic mass is 32.2. The lowest BCUT2D eigenvalue weighted by atomic mass is 9.98. The highest BCUT2D eigenvalue weighted by molar-refractivity contribution is 7.89. The summed E-state index contributed by atoms with van der Waals surface area (Å²) in [5.74, 6) is -2.80. The highest BCUT2D eigenvalue weighted by Gasteiger charge is 2.35. The number of piperidine rings is 1. The Hall–Kier alpha value is -3.77. The van der Waals surface area contributed by atoms with Crippen LogP contribution in [0.4, 0.5) is 4.79 Å². The van der Waals surface area contributed by atoms with Crippen LogP contribution in [0, 0.1) is 5.92 Å².